The SMILES string of the molecule is COC(O)(F)C(O)F. The maximum atomic E-state index is 11.7. The van der Waals surface area contributed by atoms with E-state index in [9.17, 15) is 8.78 Å². The molecule has 0 saturated heterocycles. The number of ether oxygens (including phenoxy) is 1. The third-order valence-corrected chi connectivity index (χ3v) is 0.580. The molecular weight excluding hydrogens is 122 g/mol. The van der Waals surface area contributed by atoms with Crippen LogP contribution in [0, 0.1) is 0 Å². The van der Waals surface area contributed by atoms with E-state index in [1.165, 1.54) is 0 Å². The fourth-order valence-electron chi connectivity index (χ4n) is 0.0972. The van der Waals surface area contributed by atoms with Crippen molar-refractivity contribution in [1.29, 1.82) is 0 Å². The van der Waals surface area contributed by atoms with Crippen molar-refractivity contribution in [3.8, 4) is 0 Å². The summed E-state index contributed by atoms with van der Waals surface area (Å²) < 4.78 is 26.4. The van der Waals surface area contributed by atoms with Crippen LogP contribution in [0.5, 0.6) is 0 Å². The minimum Gasteiger partial charge on any atom is -0.358 e. The van der Waals surface area contributed by atoms with Crippen molar-refractivity contribution < 1.29 is 23.7 Å². The zero-order chi connectivity index (χ0) is 6.78. The lowest BCUT2D eigenvalue weighted by molar-refractivity contribution is -0.350. The topological polar surface area (TPSA) is 49.7 Å². The fourth-order valence-corrected chi connectivity index (χ4v) is 0.0972. The first-order valence-corrected chi connectivity index (χ1v) is 1.79. The van der Waals surface area contributed by atoms with Gasteiger partial charge in [0, 0.05) is 7.11 Å². The standard InChI is InChI=1S/C3H6F2O3/c1-8-3(5,7)2(4)6/h2,6-7H,1H3. The monoisotopic (exact) mass is 128 g/mol. The second-order valence-electron chi connectivity index (χ2n) is 1.15. The van der Waals surface area contributed by atoms with Crippen LogP contribution in [0.1, 0.15) is 0 Å². The summed E-state index contributed by atoms with van der Waals surface area (Å²) in [7, 11) is 0.725. The van der Waals surface area contributed by atoms with Crippen molar-refractivity contribution in [3.05, 3.63) is 0 Å². The first-order valence-electron chi connectivity index (χ1n) is 1.79. The first-order chi connectivity index (χ1) is 3.50. The van der Waals surface area contributed by atoms with Gasteiger partial charge in [0.15, 0.2) is 0 Å². The second-order valence-corrected chi connectivity index (χ2v) is 1.15. The van der Waals surface area contributed by atoms with Gasteiger partial charge in [-0.3, -0.25) is 0 Å². The minimum absolute atomic E-state index is 0.725. The van der Waals surface area contributed by atoms with Gasteiger partial charge in [-0.1, -0.05) is 0 Å². The van der Waals surface area contributed by atoms with Gasteiger partial charge in [-0.05, 0) is 0 Å². The maximum absolute atomic E-state index is 11.7. The van der Waals surface area contributed by atoms with Gasteiger partial charge >= 0.3 is 6.04 Å². The fraction of sp³-hybridized carbons (Fsp3) is 1.00. The summed E-state index contributed by atoms with van der Waals surface area (Å²) >= 11 is 0. The van der Waals surface area contributed by atoms with Crippen LogP contribution in [0.25, 0.3) is 0 Å². The first kappa shape index (κ1) is 7.74. The molecule has 50 valence electrons. The molecule has 0 aliphatic heterocycles. The lowest BCUT2D eigenvalue weighted by Crippen LogP contribution is -2.36. The van der Waals surface area contributed by atoms with E-state index in [2.05, 4.69) is 4.74 Å². The molecule has 8 heavy (non-hydrogen) atoms. The molecule has 0 saturated carbocycles. The Hall–Kier alpha value is -0.260. The summed E-state index contributed by atoms with van der Waals surface area (Å²) in [6.45, 7) is 0. The predicted octanol–water partition coefficient (Wildman–Crippen LogP) is -0.464. The number of alkyl halides is 2. The molecule has 0 aromatic heterocycles. The van der Waals surface area contributed by atoms with Crippen LogP contribution < -0.4 is 0 Å². The number of rotatable bonds is 2. The molecule has 3 nitrogen and oxygen atoms in total. The molecule has 2 unspecified atom stereocenters. The third kappa shape index (κ3) is 1.69. The van der Waals surface area contributed by atoms with Crippen LogP contribution >= 0.6 is 0 Å². The molecule has 0 amide bonds. The van der Waals surface area contributed by atoms with Crippen LogP contribution in [0.3, 0.4) is 0 Å². The van der Waals surface area contributed by atoms with Crippen molar-refractivity contribution in [2.75, 3.05) is 7.11 Å². The number of hydrogen-bond donors (Lipinski definition) is 2. The average Bonchev–Trinajstić information content (AvgIpc) is 1.67. The van der Waals surface area contributed by atoms with E-state index >= 15 is 0 Å². The molecule has 2 atom stereocenters. The predicted molar refractivity (Wildman–Crippen MR) is 20.2 cm³/mol. The lowest BCUT2D eigenvalue weighted by Gasteiger charge is -2.15. The van der Waals surface area contributed by atoms with E-state index in [-0.39, 0.29) is 0 Å². The summed E-state index contributed by atoms with van der Waals surface area (Å²) in [4.78, 5) is 0. The van der Waals surface area contributed by atoms with Crippen LogP contribution in [-0.4, -0.2) is 29.7 Å². The van der Waals surface area contributed by atoms with Crippen molar-refractivity contribution in [2.24, 2.45) is 0 Å². The van der Waals surface area contributed by atoms with E-state index in [1.54, 1.807) is 0 Å². The third-order valence-electron chi connectivity index (χ3n) is 0.580. The molecule has 0 heterocycles. The number of hydrogen-bond acceptors (Lipinski definition) is 3. The van der Waals surface area contributed by atoms with Gasteiger partial charge < -0.3 is 14.9 Å². The largest absolute Gasteiger partial charge is 0.375 e. The highest BCUT2D eigenvalue weighted by atomic mass is 19.2. The number of aliphatic hydroxyl groups is 2. The molecule has 0 aliphatic rings. The highest BCUT2D eigenvalue weighted by Gasteiger charge is 2.36. The average molecular weight is 128 g/mol. The number of halogens is 2. The Morgan fingerprint density at radius 2 is 2.12 bits per heavy atom. The second kappa shape index (κ2) is 2.34. The van der Waals surface area contributed by atoms with Crippen LogP contribution in [0.15, 0.2) is 0 Å². The Labute approximate surface area is 44.5 Å². The maximum Gasteiger partial charge on any atom is 0.375 e. The van der Waals surface area contributed by atoms with Gasteiger partial charge in [0.2, 0.25) is 0 Å². The minimum atomic E-state index is -3.57. The van der Waals surface area contributed by atoms with Crippen molar-refractivity contribution >= 4 is 0 Å². The van der Waals surface area contributed by atoms with Gasteiger partial charge in [-0.2, -0.15) is 4.39 Å². The molecule has 0 spiro atoms. The number of aliphatic hydroxyl groups excluding tert-OH is 1. The summed E-state index contributed by atoms with van der Waals surface area (Å²) in [5.74, 6) is 0. The van der Waals surface area contributed by atoms with E-state index in [1.807, 2.05) is 0 Å². The van der Waals surface area contributed by atoms with Crippen LogP contribution in [-0.2, 0) is 4.74 Å². The van der Waals surface area contributed by atoms with E-state index < -0.39 is 12.4 Å². The molecule has 0 rings (SSSR count). The van der Waals surface area contributed by atoms with Gasteiger partial charge in [0.25, 0.3) is 6.36 Å². The molecule has 0 bridgehead atoms. The lowest BCUT2D eigenvalue weighted by atomic mass is 10.6. The normalized spacial score (nSPS) is 22.1. The highest BCUT2D eigenvalue weighted by Crippen LogP contribution is 2.12. The Kier molecular flexibility index (Phi) is 2.26. The van der Waals surface area contributed by atoms with E-state index in [0.29, 0.717) is 0 Å². The van der Waals surface area contributed by atoms with E-state index in [4.69, 9.17) is 10.2 Å². The molecule has 0 radical (unpaired) electrons. The summed E-state index contributed by atoms with van der Waals surface area (Å²) in [6.07, 6.45) is -3.02. The summed E-state index contributed by atoms with van der Waals surface area (Å²) in [6, 6.07) is -3.57. The molecule has 0 aromatic rings. The Morgan fingerprint density at radius 1 is 1.75 bits per heavy atom. The summed E-state index contributed by atoms with van der Waals surface area (Å²) in [5.41, 5.74) is 0. The smallest absolute Gasteiger partial charge is 0.358 e. The van der Waals surface area contributed by atoms with E-state index in [0.717, 1.165) is 7.11 Å². The zero-order valence-corrected chi connectivity index (χ0v) is 4.14. The Morgan fingerprint density at radius 3 is 2.12 bits per heavy atom. The molecular formula is C3H6F2O3. The Bertz CT molecular complexity index is 72.9. The molecule has 0 aliphatic carbocycles. The van der Waals surface area contributed by atoms with Gasteiger partial charge in [0.1, 0.15) is 0 Å². The molecule has 0 aromatic carbocycles. The highest BCUT2D eigenvalue weighted by molar-refractivity contribution is 4.49. The van der Waals surface area contributed by atoms with Crippen LogP contribution in [0.4, 0.5) is 8.78 Å². The molecule has 0 fully saturated rings. The molecule has 2 N–H and O–H groups in total. The van der Waals surface area contributed by atoms with Gasteiger partial charge in [-0.15, -0.1) is 0 Å². The molecule has 5 heteroatoms. The van der Waals surface area contributed by atoms with Crippen LogP contribution in [0.2, 0.25) is 0 Å². The van der Waals surface area contributed by atoms with Crippen molar-refractivity contribution in [3.63, 3.8) is 0 Å². The van der Waals surface area contributed by atoms with Crippen molar-refractivity contribution in [2.45, 2.75) is 12.4 Å². The van der Waals surface area contributed by atoms with Gasteiger partial charge in [-0.25, -0.2) is 4.39 Å². The summed E-state index contributed by atoms with van der Waals surface area (Å²) in [5, 5.41) is 15.6. The zero-order valence-electron chi connectivity index (χ0n) is 4.14. The Balaban J connectivity index is 3.71. The van der Waals surface area contributed by atoms with Gasteiger partial charge in [0.05, 0.1) is 0 Å². The van der Waals surface area contributed by atoms with Crippen molar-refractivity contribution in [1.82, 2.24) is 0 Å². The number of methoxy groups -OCH3 is 1. The quantitative estimate of drug-likeness (QED) is 0.494.